The summed E-state index contributed by atoms with van der Waals surface area (Å²) in [7, 11) is 0. The maximum absolute atomic E-state index is 10.2. The van der Waals surface area contributed by atoms with Crippen molar-refractivity contribution in [3.63, 3.8) is 0 Å². The van der Waals surface area contributed by atoms with Gasteiger partial charge in [-0.2, -0.15) is 0 Å². The molecule has 0 spiro atoms. The number of aliphatic imine (C=N–C) groups is 1. The van der Waals surface area contributed by atoms with E-state index in [1.807, 2.05) is 0 Å². The van der Waals surface area contributed by atoms with Gasteiger partial charge in [-0.1, -0.05) is 6.92 Å². The molecule has 0 heterocycles. The van der Waals surface area contributed by atoms with Gasteiger partial charge in [0.25, 0.3) is 0 Å². The van der Waals surface area contributed by atoms with Gasteiger partial charge in [0.15, 0.2) is 0 Å². The van der Waals surface area contributed by atoms with Gasteiger partial charge >= 0.3 is 5.97 Å². The van der Waals surface area contributed by atoms with E-state index in [9.17, 15) is 4.79 Å². The van der Waals surface area contributed by atoms with Crippen molar-refractivity contribution in [1.82, 2.24) is 0 Å². The zero-order chi connectivity index (χ0) is 8.97. The maximum Gasteiger partial charge on any atom is 0.325 e. The molecule has 68 valence electrons. The Morgan fingerprint density at radius 1 is 1.58 bits per heavy atom. The first-order valence-corrected chi connectivity index (χ1v) is 4.42. The van der Waals surface area contributed by atoms with E-state index in [1.165, 1.54) is 12.8 Å². The zero-order valence-corrected chi connectivity index (χ0v) is 7.42. The Bertz CT molecular complexity index is 189. The monoisotopic (exact) mass is 169 g/mol. The quantitative estimate of drug-likeness (QED) is 0.684. The highest BCUT2D eigenvalue weighted by Gasteiger charge is 2.13. The van der Waals surface area contributed by atoms with Crippen LogP contribution in [-0.4, -0.2) is 23.3 Å². The van der Waals surface area contributed by atoms with Crippen molar-refractivity contribution in [2.75, 3.05) is 6.54 Å². The highest BCUT2D eigenvalue weighted by molar-refractivity contribution is 5.86. The van der Waals surface area contributed by atoms with Crippen LogP contribution < -0.4 is 0 Å². The number of hydrogen-bond acceptors (Lipinski definition) is 2. The van der Waals surface area contributed by atoms with Crippen LogP contribution in [-0.2, 0) is 4.79 Å². The van der Waals surface area contributed by atoms with Crippen LogP contribution in [0.25, 0.3) is 0 Å². The second-order valence-corrected chi connectivity index (χ2v) is 3.46. The Labute approximate surface area is 72.5 Å². The van der Waals surface area contributed by atoms with Crippen LogP contribution in [0.15, 0.2) is 4.99 Å². The molecule has 1 fully saturated rings. The molecule has 0 atom stereocenters. The molecule has 1 rings (SSSR count). The molecule has 0 radical (unpaired) electrons. The molecule has 0 aromatic rings. The summed E-state index contributed by atoms with van der Waals surface area (Å²) in [6, 6.07) is 0. The average molecular weight is 169 g/mol. The zero-order valence-electron chi connectivity index (χ0n) is 7.42. The van der Waals surface area contributed by atoms with Crippen molar-refractivity contribution in [2.24, 2.45) is 10.9 Å². The molecule has 0 aromatic heterocycles. The van der Waals surface area contributed by atoms with Gasteiger partial charge in [0.2, 0.25) is 0 Å². The molecule has 0 amide bonds. The van der Waals surface area contributed by atoms with E-state index in [0.717, 1.165) is 24.5 Å². The fraction of sp³-hybridized carbons (Fsp3) is 0.778. The summed E-state index contributed by atoms with van der Waals surface area (Å²) in [6.45, 7) is 2.18. The standard InChI is InChI=1S/C9H15NO2/c1-7-2-4-8(5-3-7)10-6-9(11)12/h7H,2-6H2,1H3,(H,11,12). The van der Waals surface area contributed by atoms with E-state index in [-0.39, 0.29) is 6.54 Å². The summed E-state index contributed by atoms with van der Waals surface area (Å²) in [4.78, 5) is 14.2. The first-order chi connectivity index (χ1) is 5.68. The van der Waals surface area contributed by atoms with E-state index >= 15 is 0 Å². The van der Waals surface area contributed by atoms with Crippen LogP contribution in [0.3, 0.4) is 0 Å². The highest BCUT2D eigenvalue weighted by Crippen LogP contribution is 2.21. The van der Waals surface area contributed by atoms with Crippen molar-refractivity contribution < 1.29 is 9.90 Å². The van der Waals surface area contributed by atoms with E-state index < -0.39 is 5.97 Å². The Morgan fingerprint density at radius 2 is 2.17 bits per heavy atom. The van der Waals surface area contributed by atoms with E-state index in [0.29, 0.717) is 0 Å². The fourth-order valence-electron chi connectivity index (χ4n) is 1.43. The summed E-state index contributed by atoms with van der Waals surface area (Å²) in [5.74, 6) is -0.0464. The van der Waals surface area contributed by atoms with E-state index in [4.69, 9.17) is 5.11 Å². The fourth-order valence-corrected chi connectivity index (χ4v) is 1.43. The van der Waals surface area contributed by atoms with Crippen LogP contribution in [0, 0.1) is 5.92 Å². The van der Waals surface area contributed by atoms with Crippen LogP contribution in [0.1, 0.15) is 32.6 Å². The summed E-state index contributed by atoms with van der Waals surface area (Å²) < 4.78 is 0. The molecular weight excluding hydrogens is 154 g/mol. The molecule has 1 aliphatic rings. The minimum Gasteiger partial charge on any atom is -0.480 e. The largest absolute Gasteiger partial charge is 0.480 e. The maximum atomic E-state index is 10.2. The lowest BCUT2D eigenvalue weighted by Gasteiger charge is -2.18. The Hall–Kier alpha value is -0.860. The third kappa shape index (κ3) is 3.03. The molecule has 0 aromatic carbocycles. The van der Waals surface area contributed by atoms with Crippen LogP contribution >= 0.6 is 0 Å². The summed E-state index contributed by atoms with van der Waals surface area (Å²) in [5.41, 5.74) is 1.09. The van der Waals surface area contributed by atoms with Gasteiger partial charge in [-0.25, -0.2) is 0 Å². The normalized spacial score (nSPS) is 23.8. The van der Waals surface area contributed by atoms with Crippen molar-refractivity contribution in [3.8, 4) is 0 Å². The molecule has 3 heteroatoms. The van der Waals surface area contributed by atoms with E-state index in [1.54, 1.807) is 0 Å². The number of carboxylic acid groups (broad SMARTS) is 1. The topological polar surface area (TPSA) is 49.7 Å². The number of aliphatic carboxylic acids is 1. The van der Waals surface area contributed by atoms with Gasteiger partial charge in [-0.15, -0.1) is 0 Å². The Balaban J connectivity index is 2.33. The summed E-state index contributed by atoms with van der Waals surface area (Å²) >= 11 is 0. The number of hydrogen-bond donors (Lipinski definition) is 1. The van der Waals surface area contributed by atoms with Crippen molar-refractivity contribution in [1.29, 1.82) is 0 Å². The minimum atomic E-state index is -0.832. The molecule has 3 nitrogen and oxygen atoms in total. The van der Waals surface area contributed by atoms with Crippen LogP contribution in [0.4, 0.5) is 0 Å². The predicted octanol–water partition coefficient (Wildman–Crippen LogP) is 1.72. The predicted molar refractivity (Wildman–Crippen MR) is 47.6 cm³/mol. The molecule has 0 aliphatic heterocycles. The molecule has 1 aliphatic carbocycles. The third-order valence-electron chi connectivity index (χ3n) is 2.29. The SMILES string of the molecule is CC1CCC(=NCC(=O)O)CC1. The number of carboxylic acids is 1. The van der Waals surface area contributed by atoms with Crippen molar-refractivity contribution in [2.45, 2.75) is 32.6 Å². The first-order valence-electron chi connectivity index (χ1n) is 4.42. The van der Waals surface area contributed by atoms with Crippen molar-refractivity contribution in [3.05, 3.63) is 0 Å². The molecule has 0 saturated heterocycles. The number of nitrogens with zero attached hydrogens (tertiary/aromatic N) is 1. The second kappa shape index (κ2) is 4.24. The first kappa shape index (κ1) is 9.23. The molecule has 1 N–H and O–H groups in total. The third-order valence-corrected chi connectivity index (χ3v) is 2.29. The molecule has 0 unspecified atom stereocenters. The van der Waals surface area contributed by atoms with Gasteiger partial charge in [0.05, 0.1) is 0 Å². The molecule has 0 bridgehead atoms. The Kier molecular flexibility index (Phi) is 3.26. The lowest BCUT2D eigenvalue weighted by atomic mass is 9.89. The van der Waals surface area contributed by atoms with Crippen LogP contribution in [0.5, 0.6) is 0 Å². The number of rotatable bonds is 2. The molecule has 12 heavy (non-hydrogen) atoms. The van der Waals surface area contributed by atoms with Gasteiger partial charge in [0, 0.05) is 5.71 Å². The van der Waals surface area contributed by atoms with Gasteiger partial charge in [0.1, 0.15) is 6.54 Å². The van der Waals surface area contributed by atoms with Crippen LogP contribution in [0.2, 0.25) is 0 Å². The smallest absolute Gasteiger partial charge is 0.325 e. The summed E-state index contributed by atoms with van der Waals surface area (Å²) in [5, 5.41) is 8.39. The Morgan fingerprint density at radius 3 is 2.67 bits per heavy atom. The summed E-state index contributed by atoms with van der Waals surface area (Å²) in [6.07, 6.45) is 4.32. The highest BCUT2D eigenvalue weighted by atomic mass is 16.4. The lowest BCUT2D eigenvalue weighted by molar-refractivity contribution is -0.135. The molecular formula is C9H15NO2. The van der Waals surface area contributed by atoms with Gasteiger partial charge in [-0.05, 0) is 31.6 Å². The molecule has 1 saturated carbocycles. The lowest BCUT2D eigenvalue weighted by Crippen LogP contribution is -2.13. The van der Waals surface area contributed by atoms with Gasteiger partial charge in [-0.3, -0.25) is 9.79 Å². The van der Waals surface area contributed by atoms with Gasteiger partial charge < -0.3 is 5.11 Å². The van der Waals surface area contributed by atoms with E-state index in [2.05, 4.69) is 11.9 Å². The number of carbonyl (C=O) groups is 1. The minimum absolute atomic E-state index is 0.0519. The van der Waals surface area contributed by atoms with Crippen molar-refractivity contribution >= 4 is 11.7 Å². The average Bonchev–Trinajstić information content (AvgIpc) is 2.03. The second-order valence-electron chi connectivity index (χ2n) is 3.46.